The van der Waals surface area contributed by atoms with E-state index in [9.17, 15) is 18.0 Å². The maximum Gasteiger partial charge on any atom is 0.591 e. The van der Waals surface area contributed by atoms with Crippen LogP contribution in [0.4, 0.5) is 24.5 Å². The minimum atomic E-state index is -4.95. The van der Waals surface area contributed by atoms with E-state index in [0.717, 1.165) is 11.3 Å². The Morgan fingerprint density at radius 3 is 2.46 bits per heavy atom. The molecule has 4 rings (SSSR count). The first-order chi connectivity index (χ1) is 12.4. The SMILES string of the molecule is Cc1ccccc1N1CCc2c1c1ccccc1n(OC(F)(F)F)c2=O. The Kier molecular flexibility index (Phi) is 3.68. The second kappa shape index (κ2) is 5.79. The van der Waals surface area contributed by atoms with Crippen LogP contribution >= 0.6 is 0 Å². The van der Waals surface area contributed by atoms with E-state index in [2.05, 4.69) is 4.84 Å². The Hall–Kier alpha value is -2.96. The van der Waals surface area contributed by atoms with E-state index in [0.29, 0.717) is 34.3 Å². The number of aromatic nitrogens is 1. The first-order valence-corrected chi connectivity index (χ1v) is 8.13. The summed E-state index contributed by atoms with van der Waals surface area (Å²) in [5.74, 6) is 0. The number of rotatable bonds is 2. The van der Waals surface area contributed by atoms with Crippen LogP contribution in [0.2, 0.25) is 0 Å². The molecule has 1 aliphatic heterocycles. The van der Waals surface area contributed by atoms with Gasteiger partial charge in [-0.05, 0) is 31.0 Å². The lowest BCUT2D eigenvalue weighted by Gasteiger charge is -2.24. The minimum Gasteiger partial charge on any atom is -0.340 e. The van der Waals surface area contributed by atoms with E-state index in [4.69, 9.17) is 0 Å². The number of anilines is 2. The lowest BCUT2D eigenvalue weighted by Crippen LogP contribution is -2.37. The standard InChI is InChI=1S/C19H15F3N2O2/c1-12-6-2-4-8-15(12)23-11-10-14-17(23)13-7-3-5-9-16(13)24(18(14)25)26-19(20,21)22/h2-9H,10-11H2,1H3. The van der Waals surface area contributed by atoms with Gasteiger partial charge in [-0.3, -0.25) is 4.79 Å². The molecule has 3 aromatic rings. The molecule has 0 bridgehead atoms. The van der Waals surface area contributed by atoms with Gasteiger partial charge in [0.1, 0.15) is 0 Å². The van der Waals surface area contributed by atoms with Gasteiger partial charge < -0.3 is 9.74 Å². The maximum atomic E-state index is 12.8. The first kappa shape index (κ1) is 16.5. The van der Waals surface area contributed by atoms with E-state index >= 15 is 0 Å². The van der Waals surface area contributed by atoms with Gasteiger partial charge in [0, 0.05) is 23.2 Å². The third-order valence-corrected chi connectivity index (χ3v) is 4.56. The summed E-state index contributed by atoms with van der Waals surface area (Å²) in [7, 11) is 0. The molecule has 2 aromatic carbocycles. The molecule has 2 heterocycles. The summed E-state index contributed by atoms with van der Waals surface area (Å²) in [6.07, 6.45) is -4.59. The first-order valence-electron chi connectivity index (χ1n) is 8.13. The van der Waals surface area contributed by atoms with Crippen molar-refractivity contribution in [1.29, 1.82) is 0 Å². The molecule has 0 fully saturated rings. The maximum absolute atomic E-state index is 12.8. The van der Waals surface area contributed by atoms with Gasteiger partial charge in [-0.2, -0.15) is 0 Å². The Morgan fingerprint density at radius 2 is 1.73 bits per heavy atom. The number of alkyl halides is 3. The summed E-state index contributed by atoms with van der Waals surface area (Å²) in [5.41, 5.74) is 2.27. The number of hydrogen-bond acceptors (Lipinski definition) is 3. The van der Waals surface area contributed by atoms with Crippen molar-refractivity contribution in [2.24, 2.45) is 0 Å². The van der Waals surface area contributed by atoms with Gasteiger partial charge in [0.25, 0.3) is 5.56 Å². The number of benzene rings is 2. The lowest BCUT2D eigenvalue weighted by molar-refractivity contribution is -0.322. The summed E-state index contributed by atoms with van der Waals surface area (Å²) in [6.45, 7) is 2.49. The zero-order valence-corrected chi connectivity index (χ0v) is 13.9. The molecule has 1 aromatic heterocycles. The number of hydrogen-bond donors (Lipinski definition) is 0. The highest BCUT2D eigenvalue weighted by molar-refractivity contribution is 5.97. The van der Waals surface area contributed by atoms with Crippen molar-refractivity contribution < 1.29 is 18.0 Å². The smallest absolute Gasteiger partial charge is 0.340 e. The largest absolute Gasteiger partial charge is 0.591 e. The van der Waals surface area contributed by atoms with Crippen LogP contribution in [0, 0.1) is 6.92 Å². The predicted molar refractivity (Wildman–Crippen MR) is 92.7 cm³/mol. The molecule has 1 aliphatic rings. The molecule has 0 aliphatic carbocycles. The molecular weight excluding hydrogens is 345 g/mol. The molecule has 0 unspecified atom stereocenters. The Morgan fingerprint density at radius 1 is 1.04 bits per heavy atom. The average Bonchev–Trinajstić information content (AvgIpc) is 3.03. The third kappa shape index (κ3) is 2.60. The molecule has 26 heavy (non-hydrogen) atoms. The van der Waals surface area contributed by atoms with Crippen LogP contribution < -0.4 is 15.3 Å². The van der Waals surface area contributed by atoms with E-state index in [1.165, 1.54) is 6.07 Å². The molecule has 0 spiro atoms. The van der Waals surface area contributed by atoms with Gasteiger partial charge in [0.2, 0.25) is 0 Å². The number of aryl methyl sites for hydroxylation is 1. The molecule has 0 radical (unpaired) electrons. The Balaban J connectivity index is 2.00. The number of halogens is 3. The summed E-state index contributed by atoms with van der Waals surface area (Å²) in [5, 5.41) is 0.548. The number of fused-ring (bicyclic) bond motifs is 3. The summed E-state index contributed by atoms with van der Waals surface area (Å²) in [6, 6.07) is 14.2. The van der Waals surface area contributed by atoms with Crippen LogP contribution in [0.5, 0.6) is 0 Å². The molecule has 134 valence electrons. The average molecular weight is 360 g/mol. The van der Waals surface area contributed by atoms with Gasteiger partial charge in [0.15, 0.2) is 0 Å². The third-order valence-electron chi connectivity index (χ3n) is 4.56. The van der Waals surface area contributed by atoms with Crippen molar-refractivity contribution in [3.63, 3.8) is 0 Å². The molecule has 4 nitrogen and oxygen atoms in total. The topological polar surface area (TPSA) is 34.5 Å². The normalized spacial score (nSPS) is 13.9. The van der Waals surface area contributed by atoms with E-state index < -0.39 is 11.9 Å². The molecule has 0 N–H and O–H groups in total. The van der Waals surface area contributed by atoms with Gasteiger partial charge in [-0.15, -0.1) is 17.9 Å². The molecule has 7 heteroatoms. The van der Waals surface area contributed by atoms with Gasteiger partial charge in [-0.1, -0.05) is 36.4 Å². The summed E-state index contributed by atoms with van der Waals surface area (Å²) >= 11 is 0. The summed E-state index contributed by atoms with van der Waals surface area (Å²) in [4.78, 5) is 18.7. The van der Waals surface area contributed by atoms with Crippen LogP contribution in [0.25, 0.3) is 10.9 Å². The van der Waals surface area contributed by atoms with Crippen molar-refractivity contribution in [2.75, 3.05) is 11.4 Å². The van der Waals surface area contributed by atoms with E-state index in [1.54, 1.807) is 18.2 Å². The van der Waals surface area contributed by atoms with Crippen LogP contribution in [-0.4, -0.2) is 17.6 Å². The van der Waals surface area contributed by atoms with Crippen molar-refractivity contribution in [3.05, 3.63) is 70.0 Å². The quantitative estimate of drug-likeness (QED) is 0.694. The second-order valence-corrected chi connectivity index (χ2v) is 6.17. The fraction of sp³-hybridized carbons (Fsp3) is 0.211. The molecule has 0 saturated carbocycles. The van der Waals surface area contributed by atoms with E-state index in [-0.39, 0.29) is 5.52 Å². The number of pyridine rings is 1. The Bertz CT molecular complexity index is 1060. The molecule has 0 amide bonds. The van der Waals surface area contributed by atoms with Crippen molar-refractivity contribution in [2.45, 2.75) is 19.7 Å². The minimum absolute atomic E-state index is 0.0917. The van der Waals surface area contributed by atoms with Crippen molar-refractivity contribution in [3.8, 4) is 0 Å². The van der Waals surface area contributed by atoms with Crippen LogP contribution in [0.3, 0.4) is 0 Å². The summed E-state index contributed by atoms with van der Waals surface area (Å²) < 4.78 is 38.8. The fourth-order valence-corrected chi connectivity index (χ4v) is 3.52. The fourth-order valence-electron chi connectivity index (χ4n) is 3.52. The highest BCUT2D eigenvalue weighted by Crippen LogP contribution is 2.39. The predicted octanol–water partition coefficient (Wildman–Crippen LogP) is 3.95. The van der Waals surface area contributed by atoms with Gasteiger partial charge in [-0.25, -0.2) is 0 Å². The highest BCUT2D eigenvalue weighted by Gasteiger charge is 2.35. The Labute approximate surface area is 147 Å². The van der Waals surface area contributed by atoms with Crippen LogP contribution in [0.15, 0.2) is 53.3 Å². The molecular formula is C19H15F3N2O2. The zero-order chi connectivity index (χ0) is 18.5. The van der Waals surface area contributed by atoms with E-state index in [1.807, 2.05) is 36.1 Å². The van der Waals surface area contributed by atoms with Crippen LogP contribution in [0.1, 0.15) is 11.1 Å². The lowest BCUT2D eigenvalue weighted by atomic mass is 10.1. The number of para-hydroxylation sites is 2. The highest BCUT2D eigenvalue weighted by atomic mass is 19.4. The second-order valence-electron chi connectivity index (χ2n) is 6.17. The number of nitrogens with zero attached hydrogens (tertiary/aromatic N) is 2. The molecule has 0 atom stereocenters. The van der Waals surface area contributed by atoms with Crippen molar-refractivity contribution in [1.82, 2.24) is 4.73 Å². The monoisotopic (exact) mass is 360 g/mol. The zero-order valence-electron chi connectivity index (χ0n) is 13.9. The van der Waals surface area contributed by atoms with Crippen LogP contribution in [-0.2, 0) is 6.42 Å². The van der Waals surface area contributed by atoms with Gasteiger partial charge >= 0.3 is 6.36 Å². The molecule has 0 saturated heterocycles. The van der Waals surface area contributed by atoms with Crippen molar-refractivity contribution >= 4 is 22.3 Å². The van der Waals surface area contributed by atoms with Gasteiger partial charge in [0.05, 0.1) is 11.2 Å².